The van der Waals surface area contributed by atoms with Crippen molar-refractivity contribution >= 4 is 5.91 Å². The van der Waals surface area contributed by atoms with Crippen molar-refractivity contribution in [1.82, 2.24) is 5.32 Å². The number of nitrogens with one attached hydrogen (secondary N) is 1. The molecule has 94 valence electrons. The maximum Gasteiger partial charge on any atom is 0.324 e. The van der Waals surface area contributed by atoms with Gasteiger partial charge in [-0.05, 0) is 24.3 Å². The molecule has 1 aromatic rings. The molecule has 0 radical (unpaired) electrons. The summed E-state index contributed by atoms with van der Waals surface area (Å²) in [4.78, 5) is 11.3. The summed E-state index contributed by atoms with van der Waals surface area (Å²) in [6.45, 7) is -1.44. The van der Waals surface area contributed by atoms with Gasteiger partial charge >= 0.3 is 12.3 Å². The van der Waals surface area contributed by atoms with Crippen molar-refractivity contribution in [3.63, 3.8) is 0 Å². The largest absolute Gasteiger partial charge is 0.508 e. The lowest BCUT2D eigenvalue weighted by Crippen LogP contribution is -2.41. The Balaban J connectivity index is 2.59. The zero-order valence-corrected chi connectivity index (χ0v) is 8.46. The molecule has 0 fully saturated rings. The predicted molar refractivity (Wildman–Crippen MR) is 51.4 cm³/mol. The number of hydrogen-bond donors (Lipinski definition) is 2. The van der Waals surface area contributed by atoms with E-state index < -0.39 is 24.8 Å². The first-order valence-electron chi connectivity index (χ1n) is 4.56. The number of amides is 1. The van der Waals surface area contributed by atoms with Crippen molar-refractivity contribution in [2.45, 2.75) is 12.3 Å². The summed E-state index contributed by atoms with van der Waals surface area (Å²) in [6, 6.07) is 4.73. The second-order valence-corrected chi connectivity index (χ2v) is 3.29. The van der Waals surface area contributed by atoms with Gasteiger partial charge in [-0.3, -0.25) is 4.79 Å². The van der Waals surface area contributed by atoms with Crippen LogP contribution in [0.15, 0.2) is 24.3 Å². The first-order chi connectivity index (χ1) is 7.83. The molecule has 2 N–H and O–H groups in total. The molecular weight excluding hydrogens is 242 g/mol. The van der Waals surface area contributed by atoms with Crippen LogP contribution in [0.1, 0.15) is 10.4 Å². The summed E-state index contributed by atoms with van der Waals surface area (Å²) in [7, 11) is 0. The van der Waals surface area contributed by atoms with Crippen LogP contribution in [-0.2, 0) is 0 Å². The molecular formula is C10H9F4NO2. The van der Waals surface area contributed by atoms with E-state index in [0.29, 0.717) is 0 Å². The van der Waals surface area contributed by atoms with Gasteiger partial charge in [-0.25, -0.2) is 8.78 Å². The van der Waals surface area contributed by atoms with Gasteiger partial charge in [-0.2, -0.15) is 8.78 Å². The average Bonchev–Trinajstić information content (AvgIpc) is 2.27. The average molecular weight is 251 g/mol. The second-order valence-electron chi connectivity index (χ2n) is 3.29. The predicted octanol–water partition coefficient (Wildman–Crippen LogP) is 2.02. The Morgan fingerprint density at radius 3 is 2.29 bits per heavy atom. The van der Waals surface area contributed by atoms with Crippen LogP contribution in [0.25, 0.3) is 0 Å². The van der Waals surface area contributed by atoms with Gasteiger partial charge in [0.2, 0.25) is 0 Å². The van der Waals surface area contributed by atoms with Crippen molar-refractivity contribution in [1.29, 1.82) is 0 Å². The molecule has 1 amide bonds. The topological polar surface area (TPSA) is 49.3 Å². The molecule has 0 aromatic heterocycles. The zero-order valence-electron chi connectivity index (χ0n) is 8.46. The third-order valence-electron chi connectivity index (χ3n) is 1.93. The zero-order chi connectivity index (χ0) is 13.1. The van der Waals surface area contributed by atoms with Crippen LogP contribution < -0.4 is 5.32 Å². The first kappa shape index (κ1) is 13.3. The number of phenolic OH excluding ortho intramolecular Hbond substituents is 1. The monoisotopic (exact) mass is 251 g/mol. The fourth-order valence-corrected chi connectivity index (χ4v) is 0.990. The molecule has 17 heavy (non-hydrogen) atoms. The SMILES string of the molecule is O=C(NCC(F)(F)C(F)F)c1ccc(O)cc1. The Hall–Kier alpha value is -1.79. The molecule has 0 unspecified atom stereocenters. The maximum atomic E-state index is 12.5. The minimum absolute atomic E-state index is 0.00661. The number of rotatable bonds is 4. The summed E-state index contributed by atoms with van der Waals surface area (Å²) in [6.07, 6.45) is -3.83. The van der Waals surface area contributed by atoms with Crippen LogP contribution in [0, 0.1) is 0 Å². The Morgan fingerprint density at radius 2 is 1.82 bits per heavy atom. The number of aromatic hydroxyl groups is 1. The molecule has 0 heterocycles. The first-order valence-corrected chi connectivity index (χ1v) is 4.56. The maximum absolute atomic E-state index is 12.5. The van der Waals surface area contributed by atoms with Crippen molar-refractivity contribution < 1.29 is 27.5 Å². The van der Waals surface area contributed by atoms with E-state index in [9.17, 15) is 22.4 Å². The molecule has 0 saturated carbocycles. The van der Waals surface area contributed by atoms with Crippen molar-refractivity contribution in [2.75, 3.05) is 6.54 Å². The van der Waals surface area contributed by atoms with E-state index in [1.807, 2.05) is 0 Å². The van der Waals surface area contributed by atoms with Crippen LogP contribution in [0.2, 0.25) is 0 Å². The van der Waals surface area contributed by atoms with Gasteiger partial charge < -0.3 is 10.4 Å². The molecule has 0 aliphatic rings. The fraction of sp³-hybridized carbons (Fsp3) is 0.300. The van der Waals surface area contributed by atoms with Crippen molar-refractivity contribution in [2.24, 2.45) is 0 Å². The van der Waals surface area contributed by atoms with E-state index in [0.717, 1.165) is 0 Å². The summed E-state index contributed by atoms with van der Waals surface area (Å²) < 4.78 is 48.5. The number of hydrogen-bond acceptors (Lipinski definition) is 2. The van der Waals surface area contributed by atoms with Crippen molar-refractivity contribution in [3.8, 4) is 5.75 Å². The molecule has 0 aliphatic carbocycles. The number of phenols is 1. The minimum atomic E-state index is -4.26. The summed E-state index contributed by atoms with van der Waals surface area (Å²) in [5, 5.41) is 10.6. The summed E-state index contributed by atoms with van der Waals surface area (Å²) in [5.41, 5.74) is -0.00661. The number of benzene rings is 1. The Morgan fingerprint density at radius 1 is 1.29 bits per heavy atom. The van der Waals surface area contributed by atoms with Crippen molar-refractivity contribution in [3.05, 3.63) is 29.8 Å². The van der Waals surface area contributed by atoms with Crippen LogP contribution in [0.5, 0.6) is 5.75 Å². The van der Waals surface area contributed by atoms with Gasteiger partial charge in [-0.1, -0.05) is 0 Å². The van der Waals surface area contributed by atoms with Crippen LogP contribution in [0.3, 0.4) is 0 Å². The molecule has 0 atom stereocenters. The summed E-state index contributed by atoms with van der Waals surface area (Å²) >= 11 is 0. The van der Waals surface area contributed by atoms with Gasteiger partial charge in [-0.15, -0.1) is 0 Å². The molecule has 3 nitrogen and oxygen atoms in total. The summed E-state index contributed by atoms with van der Waals surface area (Å²) in [5.74, 6) is -5.27. The molecule has 0 aliphatic heterocycles. The number of halogens is 4. The molecule has 1 aromatic carbocycles. The third kappa shape index (κ3) is 3.61. The second kappa shape index (κ2) is 5.03. The highest BCUT2D eigenvalue weighted by atomic mass is 19.3. The van der Waals surface area contributed by atoms with Crippen LogP contribution >= 0.6 is 0 Å². The van der Waals surface area contributed by atoms with E-state index >= 15 is 0 Å². The lowest BCUT2D eigenvalue weighted by molar-refractivity contribution is -0.123. The fourth-order valence-electron chi connectivity index (χ4n) is 0.990. The molecule has 1 rings (SSSR count). The Bertz CT molecular complexity index is 392. The van der Waals surface area contributed by atoms with E-state index in [4.69, 9.17) is 5.11 Å². The van der Waals surface area contributed by atoms with Gasteiger partial charge in [0.1, 0.15) is 5.75 Å². The van der Waals surface area contributed by atoms with Gasteiger partial charge in [0, 0.05) is 5.56 Å². The van der Waals surface area contributed by atoms with Gasteiger partial charge in [0.15, 0.2) is 0 Å². The van der Waals surface area contributed by atoms with E-state index in [2.05, 4.69) is 0 Å². The molecule has 0 bridgehead atoms. The van der Waals surface area contributed by atoms with Crippen LogP contribution in [0.4, 0.5) is 17.6 Å². The molecule has 0 saturated heterocycles. The van der Waals surface area contributed by atoms with E-state index in [1.165, 1.54) is 24.3 Å². The number of alkyl halides is 4. The molecule has 7 heteroatoms. The highest BCUT2D eigenvalue weighted by Gasteiger charge is 2.40. The lowest BCUT2D eigenvalue weighted by Gasteiger charge is -2.15. The Kier molecular flexibility index (Phi) is 3.93. The standard InChI is InChI=1S/C10H9F4NO2/c11-9(12)10(13,14)5-15-8(17)6-1-3-7(16)4-2-6/h1-4,9,16H,5H2,(H,15,17). The van der Waals surface area contributed by atoms with E-state index in [-0.39, 0.29) is 11.3 Å². The van der Waals surface area contributed by atoms with Gasteiger partial charge in [0.25, 0.3) is 5.91 Å². The van der Waals surface area contributed by atoms with Crippen LogP contribution in [-0.4, -0.2) is 29.9 Å². The quantitative estimate of drug-likeness (QED) is 0.804. The smallest absolute Gasteiger partial charge is 0.324 e. The molecule has 0 spiro atoms. The number of carbonyl (C=O) groups is 1. The van der Waals surface area contributed by atoms with E-state index in [1.54, 1.807) is 5.32 Å². The normalized spacial score (nSPS) is 11.6. The third-order valence-corrected chi connectivity index (χ3v) is 1.93. The highest BCUT2D eigenvalue weighted by molar-refractivity contribution is 5.94. The highest BCUT2D eigenvalue weighted by Crippen LogP contribution is 2.21. The minimum Gasteiger partial charge on any atom is -0.508 e. The lowest BCUT2D eigenvalue weighted by atomic mass is 10.2. The number of carbonyl (C=O) groups excluding carboxylic acids is 1. The Labute approximate surface area is 94.1 Å². The van der Waals surface area contributed by atoms with Gasteiger partial charge in [0.05, 0.1) is 6.54 Å².